The fourth-order valence-electron chi connectivity index (χ4n) is 1.14. The number of halogens is 2. The maximum absolute atomic E-state index is 6.03. The lowest BCUT2D eigenvalue weighted by Gasteiger charge is -2.04. The van der Waals surface area contributed by atoms with E-state index in [1.54, 1.807) is 24.7 Å². The highest BCUT2D eigenvalue weighted by Crippen LogP contribution is 2.28. The zero-order valence-electron chi connectivity index (χ0n) is 8.60. The SMILES string of the molecule is Nc1nccnc1SCc1cnc(Cl)cc1Cl. The molecule has 0 aliphatic rings. The van der Waals surface area contributed by atoms with E-state index in [1.807, 2.05) is 0 Å². The Kier molecular flexibility index (Phi) is 4.04. The van der Waals surface area contributed by atoms with E-state index in [2.05, 4.69) is 15.0 Å². The Morgan fingerprint density at radius 3 is 2.65 bits per heavy atom. The van der Waals surface area contributed by atoms with Crippen LogP contribution in [-0.2, 0) is 5.75 Å². The fourth-order valence-corrected chi connectivity index (χ4v) is 2.51. The maximum Gasteiger partial charge on any atom is 0.156 e. The third kappa shape index (κ3) is 3.21. The van der Waals surface area contributed by atoms with E-state index in [0.717, 1.165) is 5.56 Å². The average molecular weight is 287 g/mol. The summed E-state index contributed by atoms with van der Waals surface area (Å²) in [4.78, 5) is 12.1. The van der Waals surface area contributed by atoms with Crippen LogP contribution in [0.4, 0.5) is 5.82 Å². The summed E-state index contributed by atoms with van der Waals surface area (Å²) in [6, 6.07) is 1.61. The predicted molar refractivity (Wildman–Crippen MR) is 70.3 cm³/mol. The van der Waals surface area contributed by atoms with Gasteiger partial charge in [-0.05, 0) is 11.6 Å². The topological polar surface area (TPSA) is 64.7 Å². The molecule has 88 valence electrons. The first-order chi connectivity index (χ1) is 8.16. The molecular weight excluding hydrogens is 279 g/mol. The first-order valence-corrected chi connectivity index (χ1v) is 6.40. The van der Waals surface area contributed by atoms with Crippen LogP contribution in [0.2, 0.25) is 10.2 Å². The Labute approximate surface area is 113 Å². The summed E-state index contributed by atoms with van der Waals surface area (Å²) >= 11 is 13.2. The number of aromatic nitrogens is 3. The Morgan fingerprint density at radius 2 is 1.94 bits per heavy atom. The number of anilines is 1. The average Bonchev–Trinajstić information content (AvgIpc) is 2.30. The summed E-state index contributed by atoms with van der Waals surface area (Å²) in [7, 11) is 0. The van der Waals surface area contributed by atoms with Crippen LogP contribution in [0.5, 0.6) is 0 Å². The van der Waals surface area contributed by atoms with E-state index in [4.69, 9.17) is 28.9 Å². The third-order valence-electron chi connectivity index (χ3n) is 1.95. The summed E-state index contributed by atoms with van der Waals surface area (Å²) in [5.74, 6) is 1.03. The Hall–Kier alpha value is -1.04. The molecule has 7 heteroatoms. The monoisotopic (exact) mass is 286 g/mol. The standard InChI is InChI=1S/C10H8Cl2N4S/c11-7-3-8(12)16-4-6(7)5-17-10-9(13)14-1-2-15-10/h1-4H,5H2,(H2,13,14). The third-order valence-corrected chi connectivity index (χ3v) is 3.55. The number of nitrogens with zero attached hydrogens (tertiary/aromatic N) is 3. The van der Waals surface area contributed by atoms with Gasteiger partial charge in [0.1, 0.15) is 10.2 Å². The van der Waals surface area contributed by atoms with E-state index in [9.17, 15) is 0 Å². The van der Waals surface area contributed by atoms with Gasteiger partial charge in [-0.1, -0.05) is 35.0 Å². The summed E-state index contributed by atoms with van der Waals surface area (Å²) in [6.45, 7) is 0. The van der Waals surface area contributed by atoms with Crippen molar-refractivity contribution in [1.29, 1.82) is 0 Å². The summed E-state index contributed by atoms with van der Waals surface area (Å²) in [6.07, 6.45) is 4.79. The van der Waals surface area contributed by atoms with Gasteiger partial charge in [-0.15, -0.1) is 0 Å². The Bertz CT molecular complexity index is 535. The number of nitrogens with two attached hydrogens (primary N) is 1. The molecule has 2 rings (SSSR count). The highest BCUT2D eigenvalue weighted by atomic mass is 35.5. The molecule has 0 unspecified atom stereocenters. The molecule has 0 amide bonds. The first kappa shape index (κ1) is 12.4. The quantitative estimate of drug-likeness (QED) is 0.694. The van der Waals surface area contributed by atoms with Gasteiger partial charge in [-0.2, -0.15) is 0 Å². The summed E-state index contributed by atoms with van der Waals surface area (Å²) in [5, 5.41) is 1.64. The van der Waals surface area contributed by atoms with E-state index >= 15 is 0 Å². The van der Waals surface area contributed by atoms with Gasteiger partial charge in [0.15, 0.2) is 5.82 Å². The molecule has 2 N–H and O–H groups in total. The van der Waals surface area contributed by atoms with Crippen molar-refractivity contribution >= 4 is 40.8 Å². The molecule has 0 aliphatic carbocycles. The lowest BCUT2D eigenvalue weighted by atomic mass is 10.3. The van der Waals surface area contributed by atoms with Gasteiger partial charge in [-0.25, -0.2) is 15.0 Å². The smallest absolute Gasteiger partial charge is 0.156 e. The molecule has 0 aromatic carbocycles. The van der Waals surface area contributed by atoms with Crippen LogP contribution in [-0.4, -0.2) is 15.0 Å². The predicted octanol–water partition coefficient (Wildman–Crippen LogP) is 3.05. The molecule has 2 aromatic heterocycles. The van der Waals surface area contributed by atoms with E-state index in [-0.39, 0.29) is 0 Å². The van der Waals surface area contributed by atoms with Crippen LogP contribution in [0.25, 0.3) is 0 Å². The van der Waals surface area contributed by atoms with Gasteiger partial charge < -0.3 is 5.73 Å². The highest BCUT2D eigenvalue weighted by molar-refractivity contribution is 7.98. The van der Waals surface area contributed by atoms with Gasteiger partial charge in [0.2, 0.25) is 0 Å². The van der Waals surface area contributed by atoms with Crippen molar-refractivity contribution in [3.05, 3.63) is 40.4 Å². The van der Waals surface area contributed by atoms with Crippen molar-refractivity contribution in [2.24, 2.45) is 0 Å². The largest absolute Gasteiger partial charge is 0.381 e. The highest BCUT2D eigenvalue weighted by Gasteiger charge is 2.06. The van der Waals surface area contributed by atoms with E-state index in [1.165, 1.54) is 11.8 Å². The summed E-state index contributed by atoms with van der Waals surface area (Å²) < 4.78 is 0. The number of rotatable bonds is 3. The number of hydrogen-bond acceptors (Lipinski definition) is 5. The molecule has 0 atom stereocenters. The van der Waals surface area contributed by atoms with Crippen LogP contribution in [0, 0.1) is 0 Å². The fraction of sp³-hybridized carbons (Fsp3) is 0.100. The minimum absolute atomic E-state index is 0.378. The van der Waals surface area contributed by atoms with Crippen molar-refractivity contribution < 1.29 is 0 Å². The number of thioether (sulfide) groups is 1. The number of nitrogen functional groups attached to an aromatic ring is 1. The lowest BCUT2D eigenvalue weighted by molar-refractivity contribution is 1.07. The molecule has 0 saturated heterocycles. The normalized spacial score (nSPS) is 10.5. The number of pyridine rings is 1. The van der Waals surface area contributed by atoms with Crippen molar-refractivity contribution in [2.45, 2.75) is 10.8 Å². The van der Waals surface area contributed by atoms with Gasteiger partial charge in [0.25, 0.3) is 0 Å². The molecular formula is C10H8Cl2N4S. The van der Waals surface area contributed by atoms with Crippen LogP contribution < -0.4 is 5.73 Å². The molecule has 0 aliphatic heterocycles. The molecule has 2 aromatic rings. The minimum atomic E-state index is 0.378. The molecule has 0 fully saturated rings. The van der Waals surface area contributed by atoms with Crippen LogP contribution in [0.15, 0.2) is 29.7 Å². The molecule has 0 bridgehead atoms. The molecule has 0 saturated carbocycles. The zero-order chi connectivity index (χ0) is 12.3. The van der Waals surface area contributed by atoms with Crippen LogP contribution in [0.3, 0.4) is 0 Å². The Balaban J connectivity index is 2.10. The van der Waals surface area contributed by atoms with Crippen molar-refractivity contribution in [3.63, 3.8) is 0 Å². The molecule has 0 spiro atoms. The Morgan fingerprint density at radius 1 is 1.18 bits per heavy atom. The second-order valence-corrected chi connectivity index (χ2v) is 4.89. The van der Waals surface area contributed by atoms with Gasteiger partial charge >= 0.3 is 0 Å². The van der Waals surface area contributed by atoms with E-state index < -0.39 is 0 Å². The number of hydrogen-bond donors (Lipinski definition) is 1. The van der Waals surface area contributed by atoms with Crippen LogP contribution in [0.1, 0.15) is 5.56 Å². The molecule has 4 nitrogen and oxygen atoms in total. The van der Waals surface area contributed by atoms with Crippen molar-refractivity contribution in [3.8, 4) is 0 Å². The maximum atomic E-state index is 6.03. The van der Waals surface area contributed by atoms with Crippen molar-refractivity contribution in [1.82, 2.24) is 15.0 Å². The van der Waals surface area contributed by atoms with Gasteiger partial charge in [-0.3, -0.25) is 0 Å². The lowest BCUT2D eigenvalue weighted by Crippen LogP contribution is -1.95. The second-order valence-electron chi connectivity index (χ2n) is 3.13. The van der Waals surface area contributed by atoms with Crippen molar-refractivity contribution in [2.75, 3.05) is 5.73 Å². The molecule has 2 heterocycles. The minimum Gasteiger partial charge on any atom is -0.381 e. The second kappa shape index (κ2) is 5.53. The molecule has 0 radical (unpaired) electrons. The van der Waals surface area contributed by atoms with Gasteiger partial charge in [0, 0.05) is 29.4 Å². The molecule has 17 heavy (non-hydrogen) atoms. The summed E-state index contributed by atoms with van der Waals surface area (Å²) in [5.41, 5.74) is 6.56. The first-order valence-electron chi connectivity index (χ1n) is 4.66. The zero-order valence-corrected chi connectivity index (χ0v) is 10.9. The van der Waals surface area contributed by atoms with Gasteiger partial charge in [0.05, 0.1) is 0 Å². The van der Waals surface area contributed by atoms with E-state index in [0.29, 0.717) is 26.8 Å². The van der Waals surface area contributed by atoms with Crippen LogP contribution >= 0.6 is 35.0 Å².